The predicted octanol–water partition coefficient (Wildman–Crippen LogP) is 1.20. The Balaban J connectivity index is 3.07. The molecule has 0 atom stereocenters. The lowest BCUT2D eigenvalue weighted by molar-refractivity contribution is 0.360. The average molecular weight is 253 g/mol. The van der Waals surface area contributed by atoms with Crippen LogP contribution in [-0.2, 0) is 0 Å². The van der Waals surface area contributed by atoms with Crippen LogP contribution in [0.1, 0.15) is 0 Å². The maximum Gasteiger partial charge on any atom is 0.201 e. The number of nitrogens with one attached hydrogen (secondary N) is 2. The molecule has 0 aromatic heterocycles. The molecule has 0 aliphatic carbocycles. The molecule has 0 amide bonds. The summed E-state index contributed by atoms with van der Waals surface area (Å²) in [6, 6.07) is 3.59. The number of hydrogen-bond donors (Lipinski definition) is 3. The molecule has 0 heterocycles. The van der Waals surface area contributed by atoms with Crippen molar-refractivity contribution >= 4 is 17.2 Å². The summed E-state index contributed by atoms with van der Waals surface area (Å²) in [5.41, 5.74) is 6.59. The van der Waals surface area contributed by atoms with Gasteiger partial charge in [-0.05, 0) is 12.1 Å². The summed E-state index contributed by atoms with van der Waals surface area (Å²) in [7, 11) is 1.12. The Labute approximate surface area is 101 Å². The molecule has 4 N–H and O–H groups in total. The zero-order valence-corrected chi connectivity index (χ0v) is 9.29. The van der Waals surface area contributed by atoms with Crippen LogP contribution in [0.5, 0.6) is 5.75 Å². The first-order valence-corrected chi connectivity index (χ1v) is 4.61. The number of amidine groups is 1. The van der Waals surface area contributed by atoms with Crippen LogP contribution < -0.4 is 15.9 Å². The second-order valence-electron chi connectivity index (χ2n) is 3.04. The third-order valence-corrected chi connectivity index (χ3v) is 1.90. The molecule has 8 heteroatoms. The molecule has 0 fully saturated rings. The van der Waals surface area contributed by atoms with E-state index in [-0.39, 0.29) is 5.69 Å². The van der Waals surface area contributed by atoms with Crippen LogP contribution in [0.3, 0.4) is 0 Å². The van der Waals surface area contributed by atoms with Gasteiger partial charge in [-0.2, -0.15) is 10.4 Å². The van der Waals surface area contributed by atoms with Crippen molar-refractivity contribution in [3.05, 3.63) is 23.8 Å². The van der Waals surface area contributed by atoms with Crippen LogP contribution >= 0.6 is 0 Å². The highest BCUT2D eigenvalue weighted by Gasteiger charge is 2.14. The highest BCUT2D eigenvalue weighted by Crippen LogP contribution is 2.27. The van der Waals surface area contributed by atoms with Crippen LogP contribution in [0, 0.1) is 28.4 Å². The molecule has 1 aromatic carbocycles. The molecular formula is C10H9F2N5O. The molecule has 1 rings (SSSR count). The van der Waals surface area contributed by atoms with Crippen molar-refractivity contribution in [2.45, 2.75) is 0 Å². The first kappa shape index (κ1) is 13.4. The van der Waals surface area contributed by atoms with Gasteiger partial charge < -0.3 is 10.5 Å². The highest BCUT2D eigenvalue weighted by atomic mass is 19.1. The molecule has 18 heavy (non-hydrogen) atoms. The molecule has 0 saturated heterocycles. The molecule has 0 radical (unpaired) electrons. The van der Waals surface area contributed by atoms with E-state index in [4.69, 9.17) is 16.4 Å². The molecular weight excluding hydrogens is 244 g/mol. The van der Waals surface area contributed by atoms with Gasteiger partial charge >= 0.3 is 0 Å². The fraction of sp³-hybridized carbons (Fsp3) is 0.100. The lowest BCUT2D eigenvalue weighted by Crippen LogP contribution is -2.22. The topological polar surface area (TPSA) is 107 Å². The molecule has 0 aliphatic rings. The minimum atomic E-state index is -0.998. The zero-order chi connectivity index (χ0) is 13.7. The Morgan fingerprint density at radius 1 is 1.56 bits per heavy atom. The summed E-state index contributed by atoms with van der Waals surface area (Å²) >= 11 is 0. The number of nitrogens with zero attached hydrogens (tertiary/aromatic N) is 2. The zero-order valence-electron chi connectivity index (χ0n) is 9.29. The van der Waals surface area contributed by atoms with E-state index in [1.807, 2.05) is 0 Å². The Morgan fingerprint density at radius 3 is 2.72 bits per heavy atom. The van der Waals surface area contributed by atoms with E-state index in [2.05, 4.69) is 15.3 Å². The van der Waals surface area contributed by atoms with Crippen LogP contribution in [0.15, 0.2) is 17.2 Å². The fourth-order valence-corrected chi connectivity index (χ4v) is 1.07. The standard InChI is InChI=1S/C10H9F2N5O/c1-18-9-5(11)2-3-6(8(9)12)16-17-7(4-13)10(14)15/h2-3,16H,1H3,(H3,14,15)/b17-7+. The molecule has 0 spiro atoms. The third-order valence-electron chi connectivity index (χ3n) is 1.90. The van der Waals surface area contributed by atoms with Gasteiger partial charge in [-0.25, -0.2) is 8.78 Å². The second-order valence-corrected chi connectivity index (χ2v) is 3.04. The number of hydrazone groups is 1. The Kier molecular flexibility index (Phi) is 4.15. The quantitative estimate of drug-likeness (QED) is 0.425. The minimum absolute atomic E-state index is 0.206. The van der Waals surface area contributed by atoms with E-state index in [9.17, 15) is 8.78 Å². The van der Waals surface area contributed by atoms with E-state index >= 15 is 0 Å². The van der Waals surface area contributed by atoms with E-state index in [0.29, 0.717) is 0 Å². The van der Waals surface area contributed by atoms with Crippen molar-refractivity contribution in [3.8, 4) is 11.8 Å². The van der Waals surface area contributed by atoms with Crippen LogP contribution in [0.2, 0.25) is 0 Å². The van der Waals surface area contributed by atoms with Crippen LogP contribution in [0.25, 0.3) is 0 Å². The number of benzene rings is 1. The average Bonchev–Trinajstić information content (AvgIpc) is 2.32. The van der Waals surface area contributed by atoms with Crippen LogP contribution in [-0.4, -0.2) is 18.7 Å². The van der Waals surface area contributed by atoms with Crippen molar-refractivity contribution in [1.82, 2.24) is 0 Å². The van der Waals surface area contributed by atoms with Gasteiger partial charge in [-0.15, -0.1) is 0 Å². The van der Waals surface area contributed by atoms with Crippen molar-refractivity contribution in [1.29, 1.82) is 10.7 Å². The number of nitrogens with two attached hydrogens (primary N) is 1. The van der Waals surface area contributed by atoms with Gasteiger partial charge in [-0.3, -0.25) is 10.8 Å². The number of rotatable bonds is 4. The SMILES string of the molecule is COc1c(F)ccc(N/N=C(\C#N)C(=N)N)c1F. The summed E-state index contributed by atoms with van der Waals surface area (Å²) in [6.45, 7) is 0. The van der Waals surface area contributed by atoms with Gasteiger partial charge in [0.1, 0.15) is 6.07 Å². The molecule has 0 saturated carbocycles. The van der Waals surface area contributed by atoms with E-state index < -0.39 is 28.9 Å². The maximum absolute atomic E-state index is 13.6. The largest absolute Gasteiger partial charge is 0.491 e. The Bertz CT molecular complexity index is 550. The van der Waals surface area contributed by atoms with Gasteiger partial charge in [0.15, 0.2) is 23.2 Å². The number of hydrogen-bond acceptors (Lipinski definition) is 5. The Hall–Kier alpha value is -2.69. The number of anilines is 1. The monoisotopic (exact) mass is 253 g/mol. The normalized spacial score (nSPS) is 10.7. The highest BCUT2D eigenvalue weighted by molar-refractivity contribution is 6.45. The molecule has 0 unspecified atom stereocenters. The predicted molar refractivity (Wildman–Crippen MR) is 61.5 cm³/mol. The summed E-state index contributed by atoms with van der Waals surface area (Å²) in [5, 5.41) is 19.0. The minimum Gasteiger partial charge on any atom is -0.491 e. The molecule has 94 valence electrons. The number of nitriles is 1. The lowest BCUT2D eigenvalue weighted by Gasteiger charge is -2.07. The second kappa shape index (κ2) is 5.58. The maximum atomic E-state index is 13.6. The third kappa shape index (κ3) is 2.70. The fourth-order valence-electron chi connectivity index (χ4n) is 1.07. The van der Waals surface area contributed by atoms with Gasteiger partial charge in [0, 0.05) is 0 Å². The van der Waals surface area contributed by atoms with Gasteiger partial charge in [0.2, 0.25) is 5.71 Å². The first-order chi connectivity index (χ1) is 8.51. The number of methoxy groups -OCH3 is 1. The van der Waals surface area contributed by atoms with Crippen molar-refractivity contribution in [2.24, 2.45) is 10.8 Å². The smallest absolute Gasteiger partial charge is 0.201 e. The van der Waals surface area contributed by atoms with Crippen molar-refractivity contribution in [3.63, 3.8) is 0 Å². The summed E-state index contributed by atoms with van der Waals surface area (Å²) < 4.78 is 31.2. The van der Waals surface area contributed by atoms with E-state index in [0.717, 1.165) is 19.2 Å². The molecule has 1 aromatic rings. The van der Waals surface area contributed by atoms with Crippen LogP contribution in [0.4, 0.5) is 14.5 Å². The first-order valence-electron chi connectivity index (χ1n) is 4.61. The van der Waals surface area contributed by atoms with E-state index in [1.54, 1.807) is 6.07 Å². The van der Waals surface area contributed by atoms with Gasteiger partial charge in [0.05, 0.1) is 12.8 Å². The Morgan fingerprint density at radius 2 is 2.22 bits per heavy atom. The molecule has 0 aliphatic heterocycles. The lowest BCUT2D eigenvalue weighted by atomic mass is 10.3. The summed E-state index contributed by atoms with van der Waals surface area (Å²) in [6.07, 6.45) is 0. The van der Waals surface area contributed by atoms with Gasteiger partial charge in [0.25, 0.3) is 0 Å². The van der Waals surface area contributed by atoms with Crippen molar-refractivity contribution < 1.29 is 13.5 Å². The summed E-state index contributed by atoms with van der Waals surface area (Å²) in [5.74, 6) is -3.00. The van der Waals surface area contributed by atoms with Crippen molar-refractivity contribution in [2.75, 3.05) is 12.5 Å². The molecule has 0 bridgehead atoms. The van der Waals surface area contributed by atoms with Gasteiger partial charge in [-0.1, -0.05) is 0 Å². The number of halogens is 2. The van der Waals surface area contributed by atoms with E-state index in [1.165, 1.54) is 0 Å². The molecule has 6 nitrogen and oxygen atoms in total. The summed E-state index contributed by atoms with van der Waals surface area (Å²) in [4.78, 5) is 0. The number of ether oxygens (including phenoxy) is 1.